The molecule has 0 aliphatic heterocycles. The van der Waals surface area contributed by atoms with E-state index >= 15 is 0 Å². The normalized spacial score (nSPS) is 16.3. The predicted octanol–water partition coefficient (Wildman–Crippen LogP) is 2.32. The Morgan fingerprint density at radius 2 is 2.00 bits per heavy atom. The summed E-state index contributed by atoms with van der Waals surface area (Å²) in [7, 11) is 1.66. The number of hydrogen-bond acceptors (Lipinski definition) is 3. The molecule has 0 aromatic heterocycles. The number of benzene rings is 1. The number of nitrogens with one attached hydrogen (secondary N) is 1. The number of amidine groups is 1. The van der Waals surface area contributed by atoms with Crippen molar-refractivity contribution in [1.29, 1.82) is 5.41 Å². The van der Waals surface area contributed by atoms with E-state index in [4.69, 9.17) is 20.6 Å². The SMILES string of the molecule is COc1ccc(COCC2(CC(=N)N)CC2)cc1. The molecule has 0 amide bonds. The van der Waals surface area contributed by atoms with E-state index in [1.165, 1.54) is 0 Å². The molecule has 1 aromatic rings. The highest BCUT2D eigenvalue weighted by Crippen LogP contribution is 2.48. The van der Waals surface area contributed by atoms with Crippen molar-refractivity contribution in [2.45, 2.75) is 25.9 Å². The third-order valence-electron chi connectivity index (χ3n) is 3.36. The summed E-state index contributed by atoms with van der Waals surface area (Å²) in [5.74, 6) is 1.12. The lowest BCUT2D eigenvalue weighted by molar-refractivity contribution is 0.0802. The van der Waals surface area contributed by atoms with Gasteiger partial charge in [-0.25, -0.2) is 0 Å². The standard InChI is InChI=1S/C14H20N2O2/c1-17-12-4-2-11(3-5-12)9-18-10-14(6-7-14)8-13(15)16/h2-5H,6-10H2,1H3,(H3,15,16). The van der Waals surface area contributed by atoms with Crippen LogP contribution in [0.1, 0.15) is 24.8 Å². The molecule has 1 fully saturated rings. The first kappa shape index (κ1) is 12.9. The van der Waals surface area contributed by atoms with Gasteiger partial charge in [-0.3, -0.25) is 5.41 Å². The van der Waals surface area contributed by atoms with Crippen LogP contribution in [-0.2, 0) is 11.3 Å². The van der Waals surface area contributed by atoms with Crippen molar-refractivity contribution >= 4 is 5.84 Å². The first-order chi connectivity index (χ1) is 8.63. The van der Waals surface area contributed by atoms with Crippen LogP contribution in [0.3, 0.4) is 0 Å². The lowest BCUT2D eigenvalue weighted by Gasteiger charge is -2.14. The van der Waals surface area contributed by atoms with E-state index < -0.39 is 0 Å². The Kier molecular flexibility index (Phi) is 3.87. The number of nitrogens with two attached hydrogens (primary N) is 1. The predicted molar refractivity (Wildman–Crippen MR) is 70.8 cm³/mol. The van der Waals surface area contributed by atoms with E-state index in [-0.39, 0.29) is 11.3 Å². The third-order valence-corrected chi connectivity index (χ3v) is 3.36. The van der Waals surface area contributed by atoms with Gasteiger partial charge in [0.2, 0.25) is 0 Å². The van der Waals surface area contributed by atoms with E-state index in [1.807, 2.05) is 24.3 Å². The first-order valence-electron chi connectivity index (χ1n) is 6.17. The molecular weight excluding hydrogens is 228 g/mol. The summed E-state index contributed by atoms with van der Waals surface area (Å²) < 4.78 is 10.8. The second kappa shape index (κ2) is 5.40. The van der Waals surface area contributed by atoms with Gasteiger partial charge in [0, 0.05) is 11.8 Å². The van der Waals surface area contributed by atoms with Crippen molar-refractivity contribution < 1.29 is 9.47 Å². The maximum atomic E-state index is 7.34. The van der Waals surface area contributed by atoms with Crippen molar-refractivity contribution in [1.82, 2.24) is 0 Å². The average molecular weight is 248 g/mol. The molecule has 1 aliphatic carbocycles. The molecule has 4 heteroatoms. The molecule has 98 valence electrons. The van der Waals surface area contributed by atoms with Crippen LogP contribution < -0.4 is 10.5 Å². The largest absolute Gasteiger partial charge is 0.497 e. The van der Waals surface area contributed by atoms with Gasteiger partial charge in [-0.1, -0.05) is 12.1 Å². The van der Waals surface area contributed by atoms with E-state index in [1.54, 1.807) is 7.11 Å². The van der Waals surface area contributed by atoms with Crippen molar-refractivity contribution in [3.05, 3.63) is 29.8 Å². The van der Waals surface area contributed by atoms with Crippen LogP contribution in [0, 0.1) is 10.8 Å². The van der Waals surface area contributed by atoms with Gasteiger partial charge < -0.3 is 15.2 Å². The van der Waals surface area contributed by atoms with Gasteiger partial charge in [0.05, 0.1) is 26.2 Å². The molecule has 0 atom stereocenters. The molecule has 1 aromatic carbocycles. The molecule has 1 aliphatic rings. The van der Waals surface area contributed by atoms with Crippen LogP contribution in [0.2, 0.25) is 0 Å². The smallest absolute Gasteiger partial charge is 0.118 e. The van der Waals surface area contributed by atoms with E-state index in [0.717, 1.165) is 24.2 Å². The van der Waals surface area contributed by atoms with Crippen LogP contribution in [0.25, 0.3) is 0 Å². The number of ether oxygens (including phenoxy) is 2. The second-order valence-corrected chi connectivity index (χ2v) is 5.04. The molecule has 2 rings (SSSR count). The molecular formula is C14H20N2O2. The minimum absolute atomic E-state index is 0.151. The van der Waals surface area contributed by atoms with Crippen LogP contribution in [0.15, 0.2) is 24.3 Å². The Hall–Kier alpha value is -1.55. The Labute approximate surface area is 108 Å². The Bertz CT molecular complexity index is 410. The van der Waals surface area contributed by atoms with E-state index in [2.05, 4.69) is 0 Å². The summed E-state index contributed by atoms with van der Waals surface area (Å²) in [5.41, 5.74) is 6.73. The summed E-state index contributed by atoms with van der Waals surface area (Å²) in [4.78, 5) is 0. The highest BCUT2D eigenvalue weighted by Gasteiger charge is 2.43. The monoisotopic (exact) mass is 248 g/mol. The second-order valence-electron chi connectivity index (χ2n) is 5.04. The van der Waals surface area contributed by atoms with E-state index in [9.17, 15) is 0 Å². The zero-order valence-corrected chi connectivity index (χ0v) is 10.7. The van der Waals surface area contributed by atoms with Crippen molar-refractivity contribution in [2.75, 3.05) is 13.7 Å². The van der Waals surface area contributed by atoms with Crippen LogP contribution >= 0.6 is 0 Å². The van der Waals surface area contributed by atoms with Gasteiger partial charge in [-0.15, -0.1) is 0 Å². The molecule has 0 saturated heterocycles. The fourth-order valence-electron chi connectivity index (χ4n) is 2.06. The minimum atomic E-state index is 0.151. The zero-order valence-electron chi connectivity index (χ0n) is 10.7. The van der Waals surface area contributed by atoms with Crippen LogP contribution in [0.4, 0.5) is 0 Å². The summed E-state index contributed by atoms with van der Waals surface area (Å²) in [6, 6.07) is 7.87. The van der Waals surface area contributed by atoms with Gasteiger partial charge in [0.1, 0.15) is 5.75 Å². The summed E-state index contributed by atoms with van der Waals surface area (Å²) in [5, 5.41) is 7.34. The lowest BCUT2D eigenvalue weighted by Crippen LogP contribution is -2.20. The Morgan fingerprint density at radius 1 is 1.33 bits per heavy atom. The van der Waals surface area contributed by atoms with Gasteiger partial charge in [-0.05, 0) is 30.5 Å². The van der Waals surface area contributed by atoms with Crippen LogP contribution in [-0.4, -0.2) is 19.6 Å². The van der Waals surface area contributed by atoms with Gasteiger partial charge >= 0.3 is 0 Å². The van der Waals surface area contributed by atoms with Gasteiger partial charge in [0.25, 0.3) is 0 Å². The number of rotatable bonds is 7. The highest BCUT2D eigenvalue weighted by molar-refractivity contribution is 5.78. The van der Waals surface area contributed by atoms with Crippen molar-refractivity contribution in [2.24, 2.45) is 11.1 Å². The Morgan fingerprint density at radius 3 is 2.50 bits per heavy atom. The Balaban J connectivity index is 1.76. The van der Waals surface area contributed by atoms with Crippen molar-refractivity contribution in [3.63, 3.8) is 0 Å². The molecule has 3 N–H and O–H groups in total. The quantitative estimate of drug-likeness (QED) is 0.574. The number of hydrogen-bond donors (Lipinski definition) is 2. The highest BCUT2D eigenvalue weighted by atomic mass is 16.5. The number of methoxy groups -OCH3 is 1. The van der Waals surface area contributed by atoms with Gasteiger partial charge in [0.15, 0.2) is 0 Å². The fourth-order valence-corrected chi connectivity index (χ4v) is 2.06. The summed E-state index contributed by atoms with van der Waals surface area (Å²) in [6.07, 6.45) is 2.90. The molecule has 1 saturated carbocycles. The topological polar surface area (TPSA) is 68.3 Å². The zero-order chi connectivity index (χ0) is 13.0. The molecule has 18 heavy (non-hydrogen) atoms. The lowest BCUT2D eigenvalue weighted by atomic mass is 10.0. The molecule has 0 unspecified atom stereocenters. The first-order valence-corrected chi connectivity index (χ1v) is 6.17. The average Bonchev–Trinajstić information content (AvgIpc) is 3.09. The molecule has 0 bridgehead atoms. The maximum Gasteiger partial charge on any atom is 0.118 e. The molecule has 4 nitrogen and oxygen atoms in total. The molecule has 0 spiro atoms. The molecule has 0 heterocycles. The minimum Gasteiger partial charge on any atom is -0.497 e. The van der Waals surface area contributed by atoms with E-state index in [0.29, 0.717) is 19.6 Å². The third kappa shape index (κ3) is 3.47. The summed E-state index contributed by atoms with van der Waals surface area (Å²) in [6.45, 7) is 1.29. The maximum absolute atomic E-state index is 7.34. The van der Waals surface area contributed by atoms with Crippen LogP contribution in [0.5, 0.6) is 5.75 Å². The van der Waals surface area contributed by atoms with Crippen molar-refractivity contribution in [3.8, 4) is 5.75 Å². The molecule has 0 radical (unpaired) electrons. The fraction of sp³-hybridized carbons (Fsp3) is 0.500. The van der Waals surface area contributed by atoms with Gasteiger partial charge in [-0.2, -0.15) is 0 Å². The summed E-state index contributed by atoms with van der Waals surface area (Å²) >= 11 is 0.